The van der Waals surface area contributed by atoms with Gasteiger partial charge >= 0.3 is 0 Å². The van der Waals surface area contributed by atoms with Crippen LogP contribution >= 0.6 is 15.9 Å². The fourth-order valence-electron chi connectivity index (χ4n) is 1.98. The molecule has 1 aliphatic rings. The average molecular weight is 262 g/mol. The van der Waals surface area contributed by atoms with E-state index in [1.165, 1.54) is 19.3 Å². The van der Waals surface area contributed by atoms with E-state index in [0.717, 1.165) is 31.1 Å². The third kappa shape index (κ3) is 3.60. The maximum Gasteiger partial charge on any atom is 0.222 e. The number of piperidine rings is 1. The lowest BCUT2D eigenvalue weighted by Gasteiger charge is -2.33. The number of unbranched alkanes of at least 4 members (excludes halogenated alkanes) is 1. The molecule has 1 saturated heterocycles. The zero-order valence-corrected chi connectivity index (χ0v) is 10.6. The number of nitrogens with zero attached hydrogens (tertiary/aromatic N) is 1. The van der Waals surface area contributed by atoms with E-state index in [9.17, 15) is 4.79 Å². The smallest absolute Gasteiger partial charge is 0.222 e. The predicted octanol–water partition coefficient (Wildman–Crippen LogP) is 2.95. The monoisotopic (exact) mass is 261 g/mol. The highest BCUT2D eigenvalue weighted by molar-refractivity contribution is 9.09. The topological polar surface area (TPSA) is 20.3 Å². The molecule has 0 bridgehead atoms. The molecule has 82 valence electrons. The quantitative estimate of drug-likeness (QED) is 0.563. The molecular weight excluding hydrogens is 242 g/mol. The molecule has 1 aliphatic heterocycles. The van der Waals surface area contributed by atoms with Gasteiger partial charge in [0, 0.05) is 24.3 Å². The van der Waals surface area contributed by atoms with Crippen LogP contribution < -0.4 is 0 Å². The van der Waals surface area contributed by atoms with Crippen molar-refractivity contribution in [2.75, 3.05) is 11.9 Å². The van der Waals surface area contributed by atoms with Crippen LogP contribution in [0.25, 0.3) is 0 Å². The van der Waals surface area contributed by atoms with Crippen molar-refractivity contribution in [1.29, 1.82) is 0 Å². The molecular formula is C11H20BrNO. The van der Waals surface area contributed by atoms with Crippen LogP contribution in [0, 0.1) is 0 Å². The first-order valence-electron chi connectivity index (χ1n) is 5.61. The Labute approximate surface area is 95.2 Å². The summed E-state index contributed by atoms with van der Waals surface area (Å²) in [5.74, 6) is 0.359. The van der Waals surface area contributed by atoms with Crippen molar-refractivity contribution in [1.82, 2.24) is 4.90 Å². The Hall–Kier alpha value is -0.0500. The van der Waals surface area contributed by atoms with Gasteiger partial charge < -0.3 is 4.90 Å². The van der Waals surface area contributed by atoms with Gasteiger partial charge in [0.2, 0.25) is 5.91 Å². The maximum atomic E-state index is 11.8. The van der Waals surface area contributed by atoms with Crippen molar-refractivity contribution >= 4 is 21.8 Å². The highest BCUT2D eigenvalue weighted by atomic mass is 79.9. The van der Waals surface area contributed by atoms with Crippen molar-refractivity contribution in [2.45, 2.75) is 51.5 Å². The lowest BCUT2D eigenvalue weighted by atomic mass is 10.0. The largest absolute Gasteiger partial charge is 0.340 e. The first-order chi connectivity index (χ1) is 6.75. The second-order valence-corrected chi connectivity index (χ2v) is 4.87. The van der Waals surface area contributed by atoms with Gasteiger partial charge in [-0.25, -0.2) is 0 Å². The SMILES string of the molecule is CC1CCCCN1C(=O)CCCCBr. The minimum absolute atomic E-state index is 0.359. The van der Waals surface area contributed by atoms with Crippen molar-refractivity contribution in [3.05, 3.63) is 0 Å². The van der Waals surface area contributed by atoms with Gasteiger partial charge in [-0.05, 0) is 39.0 Å². The van der Waals surface area contributed by atoms with Gasteiger partial charge in [0.25, 0.3) is 0 Å². The molecule has 1 rings (SSSR count). The molecule has 0 spiro atoms. The average Bonchev–Trinajstić information content (AvgIpc) is 2.18. The number of halogens is 1. The van der Waals surface area contributed by atoms with E-state index in [-0.39, 0.29) is 0 Å². The normalized spacial score (nSPS) is 22.4. The molecule has 0 radical (unpaired) electrons. The minimum atomic E-state index is 0.359. The highest BCUT2D eigenvalue weighted by Crippen LogP contribution is 2.17. The summed E-state index contributed by atoms with van der Waals surface area (Å²) in [6, 6.07) is 0.472. The van der Waals surface area contributed by atoms with Crippen molar-refractivity contribution in [2.24, 2.45) is 0 Å². The third-order valence-electron chi connectivity index (χ3n) is 2.90. The molecule has 0 saturated carbocycles. The summed E-state index contributed by atoms with van der Waals surface area (Å²) in [4.78, 5) is 13.9. The summed E-state index contributed by atoms with van der Waals surface area (Å²) in [7, 11) is 0. The van der Waals surface area contributed by atoms with Crippen LogP contribution in [0.5, 0.6) is 0 Å². The van der Waals surface area contributed by atoms with Crippen molar-refractivity contribution < 1.29 is 4.79 Å². The molecule has 3 heteroatoms. The second-order valence-electron chi connectivity index (χ2n) is 4.08. The Morgan fingerprint density at radius 3 is 2.86 bits per heavy atom. The summed E-state index contributed by atoms with van der Waals surface area (Å²) in [6.07, 6.45) is 6.52. The molecule has 0 N–H and O–H groups in total. The Morgan fingerprint density at radius 1 is 1.43 bits per heavy atom. The van der Waals surface area contributed by atoms with Gasteiger partial charge in [0.05, 0.1) is 0 Å². The second kappa shape index (κ2) is 6.44. The fourth-order valence-corrected chi connectivity index (χ4v) is 2.38. The van der Waals surface area contributed by atoms with E-state index in [0.29, 0.717) is 11.9 Å². The van der Waals surface area contributed by atoms with E-state index in [2.05, 4.69) is 27.8 Å². The van der Waals surface area contributed by atoms with Gasteiger partial charge in [-0.15, -0.1) is 0 Å². The van der Waals surface area contributed by atoms with E-state index in [4.69, 9.17) is 0 Å². The fraction of sp³-hybridized carbons (Fsp3) is 0.909. The summed E-state index contributed by atoms with van der Waals surface area (Å²) < 4.78 is 0. The Kier molecular flexibility index (Phi) is 5.53. The maximum absolute atomic E-state index is 11.8. The summed E-state index contributed by atoms with van der Waals surface area (Å²) >= 11 is 3.38. The summed E-state index contributed by atoms with van der Waals surface area (Å²) in [6.45, 7) is 3.15. The first kappa shape index (κ1) is 12.0. The summed E-state index contributed by atoms with van der Waals surface area (Å²) in [5, 5.41) is 1.01. The number of hydrogen-bond donors (Lipinski definition) is 0. The molecule has 0 aromatic heterocycles. The highest BCUT2D eigenvalue weighted by Gasteiger charge is 2.22. The lowest BCUT2D eigenvalue weighted by Crippen LogP contribution is -2.41. The van der Waals surface area contributed by atoms with E-state index >= 15 is 0 Å². The van der Waals surface area contributed by atoms with Crippen molar-refractivity contribution in [3.63, 3.8) is 0 Å². The van der Waals surface area contributed by atoms with E-state index < -0.39 is 0 Å². The predicted molar refractivity (Wildman–Crippen MR) is 62.7 cm³/mol. The van der Waals surface area contributed by atoms with Crippen LogP contribution in [0.4, 0.5) is 0 Å². The van der Waals surface area contributed by atoms with Gasteiger partial charge in [-0.1, -0.05) is 15.9 Å². The molecule has 14 heavy (non-hydrogen) atoms. The third-order valence-corrected chi connectivity index (χ3v) is 3.46. The molecule has 1 fully saturated rings. The number of alkyl halides is 1. The molecule has 1 amide bonds. The van der Waals surface area contributed by atoms with Crippen LogP contribution in [-0.4, -0.2) is 28.7 Å². The number of likely N-dealkylation sites (tertiary alicyclic amines) is 1. The van der Waals surface area contributed by atoms with Crippen molar-refractivity contribution in [3.8, 4) is 0 Å². The minimum Gasteiger partial charge on any atom is -0.340 e. The lowest BCUT2D eigenvalue weighted by molar-refractivity contribution is -0.134. The zero-order valence-electron chi connectivity index (χ0n) is 8.97. The van der Waals surface area contributed by atoms with Crippen LogP contribution in [0.1, 0.15) is 45.4 Å². The van der Waals surface area contributed by atoms with E-state index in [1.807, 2.05) is 0 Å². The molecule has 0 aromatic carbocycles. The molecule has 2 nitrogen and oxygen atoms in total. The Morgan fingerprint density at radius 2 is 2.21 bits per heavy atom. The Bertz CT molecular complexity index is 184. The van der Waals surface area contributed by atoms with Gasteiger partial charge in [0.1, 0.15) is 0 Å². The molecule has 1 heterocycles. The van der Waals surface area contributed by atoms with Gasteiger partial charge in [0.15, 0.2) is 0 Å². The number of rotatable bonds is 4. The number of amides is 1. The molecule has 1 unspecified atom stereocenters. The number of hydrogen-bond acceptors (Lipinski definition) is 1. The number of carbonyl (C=O) groups is 1. The van der Waals surface area contributed by atoms with Gasteiger partial charge in [-0.3, -0.25) is 4.79 Å². The van der Waals surface area contributed by atoms with Crippen LogP contribution in [0.3, 0.4) is 0 Å². The van der Waals surface area contributed by atoms with Gasteiger partial charge in [-0.2, -0.15) is 0 Å². The first-order valence-corrected chi connectivity index (χ1v) is 6.73. The zero-order chi connectivity index (χ0) is 10.4. The Balaban J connectivity index is 2.27. The van der Waals surface area contributed by atoms with Crippen LogP contribution in [0.2, 0.25) is 0 Å². The summed E-state index contributed by atoms with van der Waals surface area (Å²) in [5.41, 5.74) is 0. The molecule has 0 aromatic rings. The van der Waals surface area contributed by atoms with Crippen LogP contribution in [0.15, 0.2) is 0 Å². The van der Waals surface area contributed by atoms with E-state index in [1.54, 1.807) is 0 Å². The molecule has 0 aliphatic carbocycles. The number of carbonyl (C=O) groups excluding carboxylic acids is 1. The van der Waals surface area contributed by atoms with Crippen LogP contribution in [-0.2, 0) is 4.79 Å². The standard InChI is InChI=1S/C11H20BrNO/c1-10-6-3-5-9-13(10)11(14)7-2-4-8-12/h10H,2-9H2,1H3. The molecule has 1 atom stereocenters.